The van der Waals surface area contributed by atoms with Gasteiger partial charge in [0.15, 0.2) is 6.29 Å². The molecule has 0 radical (unpaired) electrons. The van der Waals surface area contributed by atoms with E-state index in [0.717, 1.165) is 51.1 Å². The van der Waals surface area contributed by atoms with Crippen molar-refractivity contribution >= 4 is 6.29 Å². The van der Waals surface area contributed by atoms with Crippen LogP contribution < -0.4 is 0 Å². The third-order valence-corrected chi connectivity index (χ3v) is 3.63. The van der Waals surface area contributed by atoms with Gasteiger partial charge in [0.05, 0.1) is 12.9 Å². The van der Waals surface area contributed by atoms with E-state index in [4.69, 9.17) is 0 Å². The number of aldehydes is 1. The number of piperidine rings is 1. The number of carbonyl (C=O) groups excluding carboxylic acids is 1. The average Bonchev–Trinajstić information content (AvgIpc) is 2.80. The van der Waals surface area contributed by atoms with Crippen LogP contribution in [0.5, 0.6) is 0 Å². The van der Waals surface area contributed by atoms with Crippen molar-refractivity contribution in [3.8, 4) is 0 Å². The Hall–Kier alpha value is -1.16. The van der Waals surface area contributed by atoms with Gasteiger partial charge in [-0.15, -0.1) is 0 Å². The van der Waals surface area contributed by atoms with Gasteiger partial charge in [0.2, 0.25) is 0 Å². The largest absolute Gasteiger partial charge is 0.312 e. The second kappa shape index (κ2) is 6.69. The predicted octanol–water partition coefficient (Wildman–Crippen LogP) is 2.48. The van der Waals surface area contributed by atoms with Crippen LogP contribution in [0.1, 0.15) is 55.3 Å². The van der Waals surface area contributed by atoms with Crippen LogP contribution in [0.15, 0.2) is 6.20 Å². The van der Waals surface area contributed by atoms with Crippen molar-refractivity contribution < 1.29 is 4.79 Å². The van der Waals surface area contributed by atoms with Gasteiger partial charge in [-0.05, 0) is 32.4 Å². The first kappa shape index (κ1) is 13.3. The number of nitrogens with zero attached hydrogens (tertiary/aromatic N) is 3. The van der Waals surface area contributed by atoms with Gasteiger partial charge >= 0.3 is 0 Å². The molecule has 0 aromatic carbocycles. The van der Waals surface area contributed by atoms with Crippen molar-refractivity contribution in [2.24, 2.45) is 0 Å². The van der Waals surface area contributed by atoms with E-state index in [0.29, 0.717) is 5.69 Å². The predicted molar refractivity (Wildman–Crippen MR) is 71.7 cm³/mol. The van der Waals surface area contributed by atoms with Crippen molar-refractivity contribution in [3.05, 3.63) is 17.7 Å². The molecule has 2 rings (SSSR count). The molecule has 1 aliphatic heterocycles. The Bertz CT molecular complexity index is 380. The van der Waals surface area contributed by atoms with Gasteiger partial charge in [0, 0.05) is 6.42 Å². The standard InChI is InChI=1S/C14H23N3O/c1-2-3-7-14-15-10-13(11-18)17(14)12-16-8-5-4-6-9-16/h10-11H,2-9,12H2,1H3. The summed E-state index contributed by atoms with van der Waals surface area (Å²) >= 11 is 0. The lowest BCUT2D eigenvalue weighted by molar-refractivity contribution is 0.110. The smallest absolute Gasteiger partial charge is 0.168 e. The van der Waals surface area contributed by atoms with Crippen molar-refractivity contribution in [1.82, 2.24) is 14.5 Å². The summed E-state index contributed by atoms with van der Waals surface area (Å²) in [6.07, 6.45) is 9.78. The fourth-order valence-electron chi connectivity index (χ4n) is 2.52. The fraction of sp³-hybridized carbons (Fsp3) is 0.714. The van der Waals surface area contributed by atoms with Crippen LogP contribution in [0, 0.1) is 0 Å². The third kappa shape index (κ3) is 3.19. The minimum absolute atomic E-state index is 0.715. The molecule has 0 bridgehead atoms. The lowest BCUT2D eigenvalue weighted by Crippen LogP contribution is -2.32. The highest BCUT2D eigenvalue weighted by molar-refractivity contribution is 5.71. The normalized spacial score (nSPS) is 16.9. The first-order chi connectivity index (χ1) is 8.85. The van der Waals surface area contributed by atoms with Gasteiger partial charge in [-0.1, -0.05) is 19.8 Å². The maximum absolute atomic E-state index is 11.1. The van der Waals surface area contributed by atoms with E-state index in [1.54, 1.807) is 6.20 Å². The second-order valence-electron chi connectivity index (χ2n) is 5.07. The summed E-state index contributed by atoms with van der Waals surface area (Å²) in [4.78, 5) is 17.9. The number of carbonyl (C=O) groups is 1. The average molecular weight is 249 g/mol. The molecule has 0 amide bonds. The summed E-state index contributed by atoms with van der Waals surface area (Å²) in [6.45, 7) is 5.29. The minimum Gasteiger partial charge on any atom is -0.312 e. The highest BCUT2D eigenvalue weighted by Crippen LogP contribution is 2.13. The molecule has 100 valence electrons. The SMILES string of the molecule is CCCCc1ncc(C=O)n1CN1CCCCC1. The lowest BCUT2D eigenvalue weighted by Gasteiger charge is -2.27. The molecule has 1 aliphatic rings. The number of imidazole rings is 1. The van der Waals surface area contributed by atoms with Crippen molar-refractivity contribution in [1.29, 1.82) is 0 Å². The summed E-state index contributed by atoms with van der Waals surface area (Å²) in [5, 5.41) is 0. The van der Waals surface area contributed by atoms with E-state index < -0.39 is 0 Å². The van der Waals surface area contributed by atoms with Gasteiger partial charge in [-0.25, -0.2) is 4.98 Å². The maximum atomic E-state index is 11.1. The van der Waals surface area contributed by atoms with Gasteiger partial charge in [0.1, 0.15) is 11.5 Å². The molecule has 2 heterocycles. The van der Waals surface area contributed by atoms with Gasteiger partial charge in [0.25, 0.3) is 0 Å². The molecule has 0 saturated carbocycles. The molecule has 0 unspecified atom stereocenters. The van der Waals surface area contributed by atoms with Crippen molar-refractivity contribution in [2.75, 3.05) is 13.1 Å². The third-order valence-electron chi connectivity index (χ3n) is 3.63. The minimum atomic E-state index is 0.715. The van der Waals surface area contributed by atoms with Crippen LogP contribution in [0.2, 0.25) is 0 Å². The summed E-state index contributed by atoms with van der Waals surface area (Å²) < 4.78 is 2.09. The van der Waals surface area contributed by atoms with Crippen LogP contribution in [0.25, 0.3) is 0 Å². The molecule has 4 nitrogen and oxygen atoms in total. The Labute approximate surface area is 109 Å². The molecule has 1 fully saturated rings. The molecule has 1 aromatic heterocycles. The Balaban J connectivity index is 2.07. The number of hydrogen-bond donors (Lipinski definition) is 0. The number of aryl methyl sites for hydroxylation is 1. The first-order valence-corrected chi connectivity index (χ1v) is 7.07. The lowest BCUT2D eigenvalue weighted by atomic mass is 10.1. The molecule has 0 aliphatic carbocycles. The molecule has 1 saturated heterocycles. The number of hydrogen-bond acceptors (Lipinski definition) is 3. The summed E-state index contributed by atoms with van der Waals surface area (Å²) in [7, 11) is 0. The van der Waals surface area contributed by atoms with Crippen LogP contribution in [0.4, 0.5) is 0 Å². The van der Waals surface area contributed by atoms with Crippen molar-refractivity contribution in [3.63, 3.8) is 0 Å². The summed E-state index contributed by atoms with van der Waals surface area (Å²) in [6, 6.07) is 0. The maximum Gasteiger partial charge on any atom is 0.168 e. The van der Waals surface area contributed by atoms with Gasteiger partial charge < -0.3 is 4.57 Å². The van der Waals surface area contributed by atoms with E-state index >= 15 is 0 Å². The number of rotatable bonds is 6. The monoisotopic (exact) mass is 249 g/mol. The molecular weight excluding hydrogens is 226 g/mol. The summed E-state index contributed by atoms with van der Waals surface area (Å²) in [5.41, 5.74) is 0.715. The Kier molecular flexibility index (Phi) is 4.93. The van der Waals surface area contributed by atoms with Crippen LogP contribution >= 0.6 is 0 Å². The first-order valence-electron chi connectivity index (χ1n) is 7.07. The fourth-order valence-corrected chi connectivity index (χ4v) is 2.52. The second-order valence-corrected chi connectivity index (χ2v) is 5.07. The van der Waals surface area contributed by atoms with Crippen LogP contribution in [-0.2, 0) is 13.1 Å². The summed E-state index contributed by atoms with van der Waals surface area (Å²) in [5.74, 6) is 1.06. The molecule has 1 aromatic rings. The van der Waals surface area contributed by atoms with E-state index in [1.165, 1.54) is 19.3 Å². The zero-order chi connectivity index (χ0) is 12.8. The molecule has 4 heteroatoms. The molecule has 0 N–H and O–H groups in total. The Morgan fingerprint density at radius 1 is 1.33 bits per heavy atom. The highest BCUT2D eigenvalue weighted by atomic mass is 16.1. The zero-order valence-corrected chi connectivity index (χ0v) is 11.3. The number of likely N-dealkylation sites (tertiary alicyclic amines) is 1. The zero-order valence-electron chi connectivity index (χ0n) is 11.3. The topological polar surface area (TPSA) is 38.1 Å². The molecular formula is C14H23N3O. The van der Waals surface area contributed by atoms with E-state index in [2.05, 4.69) is 21.4 Å². The van der Waals surface area contributed by atoms with Gasteiger partial charge in [-0.3, -0.25) is 9.69 Å². The highest BCUT2D eigenvalue weighted by Gasteiger charge is 2.15. The quantitative estimate of drug-likeness (QED) is 0.727. The van der Waals surface area contributed by atoms with E-state index in [1.807, 2.05) is 0 Å². The molecule has 0 atom stereocenters. The number of unbranched alkanes of at least 4 members (excludes halogenated alkanes) is 1. The molecule has 18 heavy (non-hydrogen) atoms. The Morgan fingerprint density at radius 2 is 2.11 bits per heavy atom. The Morgan fingerprint density at radius 3 is 2.78 bits per heavy atom. The molecule has 0 spiro atoms. The van der Waals surface area contributed by atoms with Crippen LogP contribution in [-0.4, -0.2) is 33.8 Å². The van der Waals surface area contributed by atoms with Crippen LogP contribution in [0.3, 0.4) is 0 Å². The van der Waals surface area contributed by atoms with Crippen molar-refractivity contribution in [2.45, 2.75) is 52.1 Å². The number of aromatic nitrogens is 2. The van der Waals surface area contributed by atoms with Gasteiger partial charge in [-0.2, -0.15) is 0 Å². The van der Waals surface area contributed by atoms with E-state index in [9.17, 15) is 4.79 Å². The van der Waals surface area contributed by atoms with E-state index in [-0.39, 0.29) is 0 Å².